The highest BCUT2D eigenvalue weighted by atomic mass is 35.5. The first-order valence-electron chi connectivity index (χ1n) is 5.53. The highest BCUT2D eigenvalue weighted by molar-refractivity contribution is 6.31. The molecule has 1 aromatic rings. The van der Waals surface area contributed by atoms with Gasteiger partial charge in [-0.05, 0) is 24.2 Å². The summed E-state index contributed by atoms with van der Waals surface area (Å²) in [5, 5.41) is 3.77. The predicted octanol–water partition coefficient (Wildman–Crippen LogP) is 3.15. The van der Waals surface area contributed by atoms with Gasteiger partial charge >= 0.3 is 0 Å². The number of hydrogen-bond donors (Lipinski definition) is 1. The summed E-state index contributed by atoms with van der Waals surface area (Å²) in [5.41, 5.74) is 1.68. The van der Waals surface area contributed by atoms with Gasteiger partial charge in [-0.2, -0.15) is 0 Å². The fourth-order valence-corrected chi connectivity index (χ4v) is 1.73. The van der Waals surface area contributed by atoms with E-state index in [1.165, 1.54) is 4.90 Å². The van der Waals surface area contributed by atoms with E-state index < -0.39 is 6.43 Å². The molecule has 96 valence electrons. The summed E-state index contributed by atoms with van der Waals surface area (Å²) in [7, 11) is 1.63. The normalized spacial score (nSPS) is 10.9. The zero-order chi connectivity index (χ0) is 12.8. The molecule has 0 aliphatic carbocycles. The molecule has 17 heavy (non-hydrogen) atoms. The standard InChI is InChI=1S/C12H17ClF2N2/c1-3-16-7-9-4-5-10(6-11(9)13)17(2)8-12(14)15/h4-6,12,16H,3,7-8H2,1-2H3. The fraction of sp³-hybridized carbons (Fsp3) is 0.500. The maximum absolute atomic E-state index is 12.2. The molecule has 2 nitrogen and oxygen atoms in total. The number of rotatable bonds is 6. The maximum Gasteiger partial charge on any atom is 0.255 e. The van der Waals surface area contributed by atoms with Crippen molar-refractivity contribution in [1.82, 2.24) is 5.32 Å². The summed E-state index contributed by atoms with van der Waals surface area (Å²) in [4.78, 5) is 1.49. The molecule has 0 aliphatic rings. The van der Waals surface area contributed by atoms with Crippen LogP contribution in [0.4, 0.5) is 14.5 Å². The number of benzene rings is 1. The minimum Gasteiger partial charge on any atom is -0.369 e. The lowest BCUT2D eigenvalue weighted by molar-refractivity contribution is 0.156. The van der Waals surface area contributed by atoms with Gasteiger partial charge in [-0.15, -0.1) is 0 Å². The predicted molar refractivity (Wildman–Crippen MR) is 68.1 cm³/mol. The topological polar surface area (TPSA) is 15.3 Å². The molecule has 0 radical (unpaired) electrons. The molecule has 1 rings (SSSR count). The van der Waals surface area contributed by atoms with E-state index in [-0.39, 0.29) is 6.54 Å². The van der Waals surface area contributed by atoms with Gasteiger partial charge in [0.2, 0.25) is 0 Å². The van der Waals surface area contributed by atoms with Crippen molar-refractivity contribution in [2.45, 2.75) is 19.9 Å². The third-order valence-corrected chi connectivity index (χ3v) is 2.81. The van der Waals surface area contributed by atoms with Gasteiger partial charge in [0, 0.05) is 24.3 Å². The average molecular weight is 263 g/mol. The molecule has 1 aromatic carbocycles. The van der Waals surface area contributed by atoms with Gasteiger partial charge in [0.15, 0.2) is 0 Å². The van der Waals surface area contributed by atoms with Crippen molar-refractivity contribution in [2.24, 2.45) is 0 Å². The number of anilines is 1. The third-order valence-electron chi connectivity index (χ3n) is 2.45. The van der Waals surface area contributed by atoms with Crippen LogP contribution >= 0.6 is 11.6 Å². The summed E-state index contributed by atoms with van der Waals surface area (Å²) in [6, 6.07) is 5.39. The van der Waals surface area contributed by atoms with Gasteiger partial charge in [0.25, 0.3) is 6.43 Å². The molecule has 0 saturated heterocycles. The lowest BCUT2D eigenvalue weighted by Crippen LogP contribution is -2.24. The molecule has 0 aliphatic heterocycles. The number of hydrogen-bond acceptors (Lipinski definition) is 2. The molecule has 0 bridgehead atoms. The van der Waals surface area contributed by atoms with Crippen molar-refractivity contribution < 1.29 is 8.78 Å². The van der Waals surface area contributed by atoms with Crippen LogP contribution in [0.3, 0.4) is 0 Å². The Morgan fingerprint density at radius 2 is 2.12 bits per heavy atom. The molecule has 5 heteroatoms. The second-order valence-corrected chi connectivity index (χ2v) is 4.23. The van der Waals surface area contributed by atoms with E-state index in [1.54, 1.807) is 19.2 Å². The Morgan fingerprint density at radius 1 is 1.41 bits per heavy atom. The number of nitrogens with zero attached hydrogens (tertiary/aromatic N) is 1. The van der Waals surface area contributed by atoms with Crippen molar-refractivity contribution in [1.29, 1.82) is 0 Å². The molecule has 0 saturated carbocycles. The van der Waals surface area contributed by atoms with Gasteiger partial charge in [-0.3, -0.25) is 0 Å². The Hall–Kier alpha value is -0.870. The van der Waals surface area contributed by atoms with Crippen molar-refractivity contribution in [2.75, 3.05) is 25.0 Å². The molecule has 0 atom stereocenters. The Kier molecular flexibility index (Phi) is 5.65. The van der Waals surface area contributed by atoms with Gasteiger partial charge in [-0.25, -0.2) is 8.78 Å². The number of alkyl halides is 2. The minimum absolute atomic E-state index is 0.289. The highest BCUT2D eigenvalue weighted by Crippen LogP contribution is 2.23. The minimum atomic E-state index is -2.35. The first kappa shape index (κ1) is 14.2. The van der Waals surface area contributed by atoms with Crippen molar-refractivity contribution in [3.63, 3.8) is 0 Å². The van der Waals surface area contributed by atoms with Crippen LogP contribution < -0.4 is 10.2 Å². The van der Waals surface area contributed by atoms with Crippen molar-refractivity contribution >= 4 is 17.3 Å². The van der Waals surface area contributed by atoms with Crippen LogP contribution in [0.2, 0.25) is 5.02 Å². The molecule has 0 amide bonds. The molecular weight excluding hydrogens is 246 g/mol. The largest absolute Gasteiger partial charge is 0.369 e. The number of halogens is 3. The van der Waals surface area contributed by atoms with Crippen LogP contribution in [0.5, 0.6) is 0 Å². The Bertz CT molecular complexity index is 358. The van der Waals surface area contributed by atoms with E-state index in [4.69, 9.17) is 11.6 Å². The molecular formula is C12H17ClF2N2. The lowest BCUT2D eigenvalue weighted by Gasteiger charge is -2.19. The summed E-state index contributed by atoms with van der Waals surface area (Å²) >= 11 is 6.09. The fourth-order valence-electron chi connectivity index (χ4n) is 1.49. The van der Waals surface area contributed by atoms with Crippen LogP contribution in [-0.2, 0) is 6.54 Å². The van der Waals surface area contributed by atoms with E-state index in [0.29, 0.717) is 17.3 Å². The van der Waals surface area contributed by atoms with E-state index >= 15 is 0 Å². The summed E-state index contributed by atoms with van der Waals surface area (Å²) in [6.45, 7) is 3.28. The van der Waals surface area contributed by atoms with E-state index in [9.17, 15) is 8.78 Å². The summed E-state index contributed by atoms with van der Waals surface area (Å²) < 4.78 is 24.5. The summed E-state index contributed by atoms with van der Waals surface area (Å²) in [6.07, 6.45) is -2.35. The quantitative estimate of drug-likeness (QED) is 0.847. The Labute approximate surface area is 106 Å². The van der Waals surface area contributed by atoms with Crippen LogP contribution in [0.15, 0.2) is 18.2 Å². The van der Waals surface area contributed by atoms with Crippen LogP contribution in [0, 0.1) is 0 Å². The van der Waals surface area contributed by atoms with Crippen LogP contribution in [-0.4, -0.2) is 26.6 Å². The summed E-state index contributed by atoms with van der Waals surface area (Å²) in [5.74, 6) is 0. The van der Waals surface area contributed by atoms with E-state index in [0.717, 1.165) is 12.1 Å². The lowest BCUT2D eigenvalue weighted by atomic mass is 10.2. The molecule has 0 spiro atoms. The Balaban J connectivity index is 2.73. The molecule has 0 aromatic heterocycles. The number of nitrogens with one attached hydrogen (secondary N) is 1. The van der Waals surface area contributed by atoms with Crippen LogP contribution in [0.1, 0.15) is 12.5 Å². The Morgan fingerprint density at radius 3 is 2.65 bits per heavy atom. The van der Waals surface area contributed by atoms with Crippen molar-refractivity contribution in [3.05, 3.63) is 28.8 Å². The molecule has 1 N–H and O–H groups in total. The van der Waals surface area contributed by atoms with Crippen LogP contribution in [0.25, 0.3) is 0 Å². The first-order chi connectivity index (χ1) is 8.04. The van der Waals surface area contributed by atoms with Gasteiger partial charge < -0.3 is 10.2 Å². The molecule has 0 unspecified atom stereocenters. The monoisotopic (exact) mass is 262 g/mol. The van der Waals surface area contributed by atoms with Gasteiger partial charge in [0.1, 0.15) is 0 Å². The molecule has 0 heterocycles. The van der Waals surface area contributed by atoms with Gasteiger partial charge in [-0.1, -0.05) is 24.6 Å². The average Bonchev–Trinajstić information content (AvgIpc) is 2.26. The smallest absolute Gasteiger partial charge is 0.255 e. The zero-order valence-electron chi connectivity index (χ0n) is 10.0. The highest BCUT2D eigenvalue weighted by Gasteiger charge is 2.10. The first-order valence-corrected chi connectivity index (χ1v) is 5.90. The maximum atomic E-state index is 12.2. The van der Waals surface area contributed by atoms with Crippen molar-refractivity contribution in [3.8, 4) is 0 Å². The second kappa shape index (κ2) is 6.77. The van der Waals surface area contributed by atoms with Gasteiger partial charge in [0.05, 0.1) is 6.54 Å². The van der Waals surface area contributed by atoms with E-state index in [2.05, 4.69) is 5.32 Å². The SMILES string of the molecule is CCNCc1ccc(N(C)CC(F)F)cc1Cl. The third kappa shape index (κ3) is 4.48. The zero-order valence-corrected chi connectivity index (χ0v) is 10.8. The molecule has 0 fully saturated rings. The second-order valence-electron chi connectivity index (χ2n) is 3.83. The van der Waals surface area contributed by atoms with E-state index in [1.807, 2.05) is 13.0 Å².